The van der Waals surface area contributed by atoms with Crippen molar-refractivity contribution in [3.63, 3.8) is 0 Å². The van der Waals surface area contributed by atoms with Crippen molar-refractivity contribution in [2.24, 2.45) is 0 Å². The minimum absolute atomic E-state index is 0.716. The van der Waals surface area contributed by atoms with Gasteiger partial charge in [-0.05, 0) is 30.4 Å². The highest BCUT2D eigenvalue weighted by atomic mass is 35.5. The number of halogens is 1. The largest absolute Gasteiger partial charge is 0.290 e. The van der Waals surface area contributed by atoms with Gasteiger partial charge in [-0.25, -0.2) is 15.0 Å². The van der Waals surface area contributed by atoms with Crippen LogP contribution < -0.4 is 0 Å². The van der Waals surface area contributed by atoms with Crippen molar-refractivity contribution in [2.75, 3.05) is 0 Å². The van der Waals surface area contributed by atoms with E-state index in [4.69, 9.17) is 16.6 Å². The molecular weight excluding hydrogens is 328 g/mol. The summed E-state index contributed by atoms with van der Waals surface area (Å²) in [4.78, 5) is 13.8. The molecule has 3 heterocycles. The van der Waals surface area contributed by atoms with Gasteiger partial charge in [0.25, 0.3) is 0 Å². The molecule has 0 aliphatic carbocycles. The third-order valence-corrected chi connectivity index (χ3v) is 4.44. The van der Waals surface area contributed by atoms with Crippen molar-refractivity contribution < 1.29 is 0 Å². The number of fused-ring (bicyclic) bond motifs is 1. The first kappa shape index (κ1) is 14.1. The fourth-order valence-electron chi connectivity index (χ4n) is 2.35. The number of imidazole rings is 1. The smallest absolute Gasteiger partial charge is 0.194 e. The molecule has 112 valence electrons. The van der Waals surface area contributed by atoms with E-state index in [1.165, 1.54) is 6.33 Å². The SMILES string of the molecule is Clc1ccc(-c2nc3sccn3c2/C=C/c2ccncn2)cc1. The molecule has 0 amide bonds. The Morgan fingerprint density at radius 2 is 1.96 bits per heavy atom. The quantitative estimate of drug-likeness (QED) is 0.545. The Morgan fingerprint density at radius 1 is 1.09 bits per heavy atom. The van der Waals surface area contributed by atoms with Crippen LogP contribution in [0.1, 0.15) is 11.4 Å². The summed E-state index contributed by atoms with van der Waals surface area (Å²) < 4.78 is 2.08. The third kappa shape index (κ3) is 2.76. The summed E-state index contributed by atoms with van der Waals surface area (Å²) >= 11 is 7.59. The van der Waals surface area contributed by atoms with Crippen molar-refractivity contribution in [1.82, 2.24) is 19.4 Å². The summed E-state index contributed by atoms with van der Waals surface area (Å²) in [6.07, 6.45) is 9.27. The van der Waals surface area contributed by atoms with Gasteiger partial charge in [0.2, 0.25) is 0 Å². The maximum Gasteiger partial charge on any atom is 0.194 e. The Balaban J connectivity index is 1.83. The monoisotopic (exact) mass is 338 g/mol. The van der Waals surface area contributed by atoms with E-state index in [0.29, 0.717) is 5.02 Å². The highest BCUT2D eigenvalue weighted by Crippen LogP contribution is 2.28. The Bertz CT molecular complexity index is 971. The molecule has 3 aromatic heterocycles. The van der Waals surface area contributed by atoms with Crippen LogP contribution in [0.2, 0.25) is 5.02 Å². The normalized spacial score (nSPS) is 11.5. The molecule has 0 N–H and O–H groups in total. The van der Waals surface area contributed by atoms with Crippen molar-refractivity contribution in [2.45, 2.75) is 0 Å². The molecule has 6 heteroatoms. The molecule has 0 atom stereocenters. The number of hydrogen-bond donors (Lipinski definition) is 0. The Morgan fingerprint density at radius 3 is 2.74 bits per heavy atom. The molecule has 4 aromatic rings. The van der Waals surface area contributed by atoms with E-state index in [1.807, 2.05) is 54.1 Å². The molecule has 0 radical (unpaired) electrons. The van der Waals surface area contributed by atoms with Crippen molar-refractivity contribution in [3.05, 3.63) is 70.8 Å². The molecule has 0 saturated heterocycles. The second-order valence-corrected chi connectivity index (χ2v) is 6.19. The van der Waals surface area contributed by atoms with Crippen LogP contribution in [-0.4, -0.2) is 19.4 Å². The highest BCUT2D eigenvalue weighted by molar-refractivity contribution is 7.15. The van der Waals surface area contributed by atoms with E-state index in [2.05, 4.69) is 14.4 Å². The number of hydrogen-bond acceptors (Lipinski definition) is 4. The van der Waals surface area contributed by atoms with E-state index in [9.17, 15) is 0 Å². The molecule has 0 bridgehead atoms. The van der Waals surface area contributed by atoms with Gasteiger partial charge < -0.3 is 0 Å². The first-order valence-corrected chi connectivity index (χ1v) is 8.22. The lowest BCUT2D eigenvalue weighted by atomic mass is 10.1. The molecule has 4 rings (SSSR count). The van der Waals surface area contributed by atoms with Crippen LogP contribution >= 0.6 is 22.9 Å². The molecular formula is C17H11ClN4S. The summed E-state index contributed by atoms with van der Waals surface area (Å²) in [5, 5.41) is 2.74. The van der Waals surface area contributed by atoms with Crippen LogP contribution in [0.25, 0.3) is 28.4 Å². The van der Waals surface area contributed by atoms with Crippen molar-refractivity contribution in [1.29, 1.82) is 0 Å². The number of aromatic nitrogens is 4. The van der Waals surface area contributed by atoms with Crippen LogP contribution in [-0.2, 0) is 0 Å². The van der Waals surface area contributed by atoms with Gasteiger partial charge >= 0.3 is 0 Å². The summed E-state index contributed by atoms with van der Waals surface area (Å²) in [6, 6.07) is 9.59. The van der Waals surface area contributed by atoms with Gasteiger partial charge in [-0.15, -0.1) is 11.3 Å². The summed E-state index contributed by atoms with van der Waals surface area (Å²) in [5.41, 5.74) is 3.83. The molecule has 23 heavy (non-hydrogen) atoms. The first-order chi connectivity index (χ1) is 11.3. The van der Waals surface area contributed by atoms with E-state index in [-0.39, 0.29) is 0 Å². The summed E-state index contributed by atoms with van der Waals surface area (Å²) in [5.74, 6) is 0. The van der Waals surface area contributed by atoms with Gasteiger partial charge in [-0.3, -0.25) is 4.40 Å². The highest BCUT2D eigenvalue weighted by Gasteiger charge is 2.12. The van der Waals surface area contributed by atoms with Gasteiger partial charge in [0.05, 0.1) is 17.1 Å². The lowest BCUT2D eigenvalue weighted by Crippen LogP contribution is -1.86. The Hall–Kier alpha value is -2.50. The van der Waals surface area contributed by atoms with Crippen LogP contribution in [0.15, 0.2) is 54.4 Å². The molecule has 0 saturated carbocycles. The van der Waals surface area contributed by atoms with Gasteiger partial charge in [0.15, 0.2) is 4.96 Å². The minimum Gasteiger partial charge on any atom is -0.290 e. The maximum atomic E-state index is 5.99. The topological polar surface area (TPSA) is 43.1 Å². The van der Waals surface area contributed by atoms with Crippen LogP contribution in [0, 0.1) is 0 Å². The zero-order chi connectivity index (χ0) is 15.6. The van der Waals surface area contributed by atoms with Crippen LogP contribution in [0.5, 0.6) is 0 Å². The van der Waals surface area contributed by atoms with E-state index in [1.54, 1.807) is 17.5 Å². The van der Waals surface area contributed by atoms with E-state index in [0.717, 1.165) is 27.6 Å². The molecule has 0 spiro atoms. The molecule has 0 aliphatic rings. The average molecular weight is 339 g/mol. The predicted octanol–water partition coefficient (Wildman–Crippen LogP) is 4.68. The van der Waals surface area contributed by atoms with Gasteiger partial charge in [-0.1, -0.05) is 23.7 Å². The number of rotatable bonds is 3. The molecule has 4 nitrogen and oxygen atoms in total. The maximum absolute atomic E-state index is 5.99. The first-order valence-electron chi connectivity index (χ1n) is 6.97. The standard InChI is InChI=1S/C17H11ClN4S/c18-13-3-1-12(2-4-13)16-15(22-9-10-23-17(22)21-16)6-5-14-7-8-19-11-20-14/h1-11H/b6-5+. The fraction of sp³-hybridized carbons (Fsp3) is 0. The van der Waals surface area contributed by atoms with Crippen LogP contribution in [0.4, 0.5) is 0 Å². The lowest BCUT2D eigenvalue weighted by molar-refractivity contribution is 1.15. The second-order valence-electron chi connectivity index (χ2n) is 4.88. The van der Waals surface area contributed by atoms with Crippen molar-refractivity contribution >= 4 is 40.1 Å². The van der Waals surface area contributed by atoms with Crippen molar-refractivity contribution in [3.8, 4) is 11.3 Å². The van der Waals surface area contributed by atoms with Gasteiger partial charge in [0, 0.05) is 28.4 Å². The van der Waals surface area contributed by atoms with Crippen LogP contribution in [0.3, 0.4) is 0 Å². The zero-order valence-electron chi connectivity index (χ0n) is 11.9. The minimum atomic E-state index is 0.716. The third-order valence-electron chi connectivity index (χ3n) is 3.43. The molecule has 0 aliphatic heterocycles. The lowest BCUT2D eigenvalue weighted by Gasteiger charge is -2.00. The predicted molar refractivity (Wildman–Crippen MR) is 94.5 cm³/mol. The average Bonchev–Trinajstić information content (AvgIpc) is 3.16. The van der Waals surface area contributed by atoms with Gasteiger partial charge in [0.1, 0.15) is 6.33 Å². The molecule has 0 unspecified atom stereocenters. The Kier molecular flexibility index (Phi) is 3.65. The fourth-order valence-corrected chi connectivity index (χ4v) is 3.19. The van der Waals surface area contributed by atoms with Gasteiger partial charge in [-0.2, -0.15) is 0 Å². The number of nitrogens with zero attached hydrogens (tertiary/aromatic N) is 4. The van der Waals surface area contributed by atoms with E-state index < -0.39 is 0 Å². The second kappa shape index (κ2) is 5.95. The zero-order valence-corrected chi connectivity index (χ0v) is 13.5. The number of thiazole rings is 1. The summed E-state index contributed by atoms with van der Waals surface area (Å²) in [6.45, 7) is 0. The number of benzene rings is 1. The summed E-state index contributed by atoms with van der Waals surface area (Å²) in [7, 11) is 0. The Labute approximate surface area is 141 Å². The van der Waals surface area contributed by atoms with E-state index >= 15 is 0 Å². The molecule has 0 fully saturated rings. The molecule has 1 aromatic carbocycles.